The molecule has 0 aromatic heterocycles. The van der Waals surface area contributed by atoms with Crippen LogP contribution in [0.2, 0.25) is 0 Å². The first kappa shape index (κ1) is 16.1. The number of hydrogen-bond donors (Lipinski definition) is 3. The lowest BCUT2D eigenvalue weighted by molar-refractivity contribution is 0.985. The van der Waals surface area contributed by atoms with Crippen LogP contribution in [0.25, 0.3) is 0 Å². The van der Waals surface area contributed by atoms with Gasteiger partial charge in [-0.1, -0.05) is 24.8 Å². The van der Waals surface area contributed by atoms with Crippen molar-refractivity contribution in [3.8, 4) is 0 Å². The molecule has 3 heteroatoms. The molecule has 100 valence electrons. The second-order valence-corrected chi connectivity index (χ2v) is 3.90. The maximum atomic E-state index is 5.85. The monoisotopic (exact) mass is 247 g/mol. The van der Waals surface area contributed by atoms with Gasteiger partial charge < -0.3 is 16.4 Å². The molecule has 0 atom stereocenters. The third-order valence-corrected chi connectivity index (χ3v) is 2.52. The number of nitrogens with two attached hydrogens (primary N) is 1. The Labute approximate surface area is 111 Å². The van der Waals surface area contributed by atoms with E-state index in [2.05, 4.69) is 29.4 Å². The van der Waals surface area contributed by atoms with Gasteiger partial charge in [-0.2, -0.15) is 0 Å². The molecule has 0 heterocycles. The van der Waals surface area contributed by atoms with Crippen molar-refractivity contribution >= 4 is 0 Å². The van der Waals surface area contributed by atoms with Crippen molar-refractivity contribution in [2.45, 2.75) is 20.3 Å². The van der Waals surface area contributed by atoms with E-state index >= 15 is 0 Å². The Balaban J connectivity index is 5.16. The highest BCUT2D eigenvalue weighted by Gasteiger charge is 1.99. The smallest absolute Gasteiger partial charge is 0.0278 e. The van der Waals surface area contributed by atoms with Crippen LogP contribution < -0.4 is 16.4 Å². The molecule has 0 saturated heterocycles. The third-order valence-electron chi connectivity index (χ3n) is 2.52. The fraction of sp³-hybridized carbons (Fsp3) is 0.333. The summed E-state index contributed by atoms with van der Waals surface area (Å²) in [6.07, 6.45) is 10.6. The Kier molecular flexibility index (Phi) is 8.20. The SMILES string of the molecule is C=CC(=C/C)/C(=C\C/C(N)=C/NC)/C=C(\C)NC. The van der Waals surface area contributed by atoms with E-state index in [1.165, 1.54) is 0 Å². The van der Waals surface area contributed by atoms with Gasteiger partial charge in [-0.15, -0.1) is 0 Å². The van der Waals surface area contributed by atoms with Gasteiger partial charge >= 0.3 is 0 Å². The summed E-state index contributed by atoms with van der Waals surface area (Å²) in [6.45, 7) is 7.86. The highest BCUT2D eigenvalue weighted by Crippen LogP contribution is 2.16. The van der Waals surface area contributed by atoms with E-state index in [0.29, 0.717) is 6.42 Å². The third kappa shape index (κ3) is 5.99. The fourth-order valence-electron chi connectivity index (χ4n) is 1.44. The summed E-state index contributed by atoms with van der Waals surface area (Å²) in [5.74, 6) is 0. The average molecular weight is 247 g/mol. The molecular weight excluding hydrogens is 222 g/mol. The van der Waals surface area contributed by atoms with Crippen LogP contribution in [0, 0.1) is 0 Å². The molecule has 0 bridgehead atoms. The Hall–Kier alpha value is -1.90. The van der Waals surface area contributed by atoms with E-state index in [9.17, 15) is 0 Å². The summed E-state index contributed by atoms with van der Waals surface area (Å²) < 4.78 is 0. The molecule has 0 spiro atoms. The summed E-state index contributed by atoms with van der Waals surface area (Å²) >= 11 is 0. The molecule has 4 N–H and O–H groups in total. The Morgan fingerprint density at radius 1 is 1.28 bits per heavy atom. The van der Waals surface area contributed by atoms with E-state index in [1.807, 2.05) is 40.1 Å². The van der Waals surface area contributed by atoms with Gasteiger partial charge in [-0.05, 0) is 31.1 Å². The van der Waals surface area contributed by atoms with Gasteiger partial charge in [0.15, 0.2) is 0 Å². The van der Waals surface area contributed by atoms with Crippen molar-refractivity contribution in [2.75, 3.05) is 14.1 Å². The van der Waals surface area contributed by atoms with Crippen LogP contribution >= 0.6 is 0 Å². The van der Waals surface area contributed by atoms with Crippen LogP contribution in [0.15, 0.2) is 59.6 Å². The molecule has 18 heavy (non-hydrogen) atoms. The molecule has 0 aliphatic carbocycles. The maximum absolute atomic E-state index is 5.85. The van der Waals surface area contributed by atoms with Crippen LogP contribution in [0.1, 0.15) is 20.3 Å². The van der Waals surface area contributed by atoms with Crippen molar-refractivity contribution in [1.82, 2.24) is 10.6 Å². The molecule has 0 aromatic rings. The van der Waals surface area contributed by atoms with Crippen molar-refractivity contribution in [3.63, 3.8) is 0 Å². The van der Waals surface area contributed by atoms with Crippen LogP contribution in [0.4, 0.5) is 0 Å². The Bertz CT molecular complexity index is 385. The summed E-state index contributed by atoms with van der Waals surface area (Å²) in [4.78, 5) is 0. The largest absolute Gasteiger partial charge is 0.401 e. The molecule has 0 rings (SSSR count). The molecule has 0 amide bonds. The first-order valence-corrected chi connectivity index (χ1v) is 6.06. The Morgan fingerprint density at radius 2 is 1.94 bits per heavy atom. The minimum Gasteiger partial charge on any atom is -0.401 e. The summed E-state index contributed by atoms with van der Waals surface area (Å²) in [5.41, 5.74) is 9.96. The van der Waals surface area contributed by atoms with Crippen molar-refractivity contribution in [3.05, 3.63) is 59.6 Å². The van der Waals surface area contributed by atoms with E-state index in [-0.39, 0.29) is 0 Å². The Morgan fingerprint density at radius 3 is 2.39 bits per heavy atom. The molecule has 0 radical (unpaired) electrons. The molecule has 0 aliphatic heterocycles. The van der Waals surface area contributed by atoms with Gasteiger partial charge in [0.1, 0.15) is 0 Å². The molecule has 0 unspecified atom stereocenters. The average Bonchev–Trinajstić information content (AvgIpc) is 2.37. The first-order valence-electron chi connectivity index (χ1n) is 6.06. The summed E-state index contributed by atoms with van der Waals surface area (Å²) in [5, 5.41) is 6.03. The van der Waals surface area contributed by atoms with E-state index in [1.54, 1.807) is 6.20 Å². The van der Waals surface area contributed by atoms with Crippen molar-refractivity contribution in [2.24, 2.45) is 5.73 Å². The molecule has 0 saturated carbocycles. The summed E-state index contributed by atoms with van der Waals surface area (Å²) in [6, 6.07) is 0. The lowest BCUT2D eigenvalue weighted by atomic mass is 10.0. The zero-order valence-corrected chi connectivity index (χ0v) is 11.9. The van der Waals surface area contributed by atoms with Crippen molar-refractivity contribution in [1.29, 1.82) is 0 Å². The lowest BCUT2D eigenvalue weighted by Gasteiger charge is -2.07. The maximum Gasteiger partial charge on any atom is 0.0278 e. The van der Waals surface area contributed by atoms with Gasteiger partial charge in [0.05, 0.1) is 0 Å². The van der Waals surface area contributed by atoms with Crippen LogP contribution in [0.5, 0.6) is 0 Å². The molecule has 0 aromatic carbocycles. The molecule has 0 aliphatic rings. The van der Waals surface area contributed by atoms with Gasteiger partial charge in [-0.3, -0.25) is 0 Å². The minimum atomic E-state index is 0.703. The molecule has 3 nitrogen and oxygen atoms in total. The first-order chi connectivity index (χ1) is 8.58. The van der Waals surface area contributed by atoms with E-state index in [0.717, 1.165) is 22.5 Å². The number of allylic oxidation sites excluding steroid dienone is 7. The summed E-state index contributed by atoms with van der Waals surface area (Å²) in [7, 11) is 3.74. The van der Waals surface area contributed by atoms with Gasteiger partial charge in [0.2, 0.25) is 0 Å². The number of hydrogen-bond acceptors (Lipinski definition) is 3. The lowest BCUT2D eigenvalue weighted by Crippen LogP contribution is -2.04. The fourth-order valence-corrected chi connectivity index (χ4v) is 1.44. The quantitative estimate of drug-likeness (QED) is 0.606. The topological polar surface area (TPSA) is 50.1 Å². The standard InChI is InChI=1S/C15H25N3/c1-6-13(7-2)14(10-12(3)18-5)8-9-15(16)11-17-4/h6-8,10-11,17-18H,1,9,16H2,2-5H3/b12-10+,13-7-,14-8-,15-11-. The van der Waals surface area contributed by atoms with E-state index in [4.69, 9.17) is 5.73 Å². The predicted molar refractivity (Wildman–Crippen MR) is 80.8 cm³/mol. The molecular formula is C15H25N3. The second kappa shape index (κ2) is 9.16. The van der Waals surface area contributed by atoms with Crippen LogP contribution in [-0.2, 0) is 0 Å². The zero-order valence-electron chi connectivity index (χ0n) is 11.9. The highest BCUT2D eigenvalue weighted by molar-refractivity contribution is 5.46. The van der Waals surface area contributed by atoms with Crippen molar-refractivity contribution < 1.29 is 0 Å². The van der Waals surface area contributed by atoms with Gasteiger partial charge in [0.25, 0.3) is 0 Å². The highest BCUT2D eigenvalue weighted by atomic mass is 14.8. The normalized spacial score (nSPS) is 14.4. The minimum absolute atomic E-state index is 0.703. The number of nitrogens with one attached hydrogen (secondary N) is 2. The van der Waals surface area contributed by atoms with Crippen LogP contribution in [0.3, 0.4) is 0 Å². The molecule has 0 fully saturated rings. The predicted octanol–water partition coefficient (Wildman–Crippen LogP) is 2.58. The van der Waals surface area contributed by atoms with Gasteiger partial charge in [-0.25, -0.2) is 0 Å². The number of rotatable bonds is 7. The zero-order chi connectivity index (χ0) is 14.0. The van der Waals surface area contributed by atoms with Gasteiger partial charge in [0, 0.05) is 38.1 Å². The van der Waals surface area contributed by atoms with E-state index < -0.39 is 0 Å². The second-order valence-electron chi connectivity index (χ2n) is 3.90. The van der Waals surface area contributed by atoms with Crippen LogP contribution in [-0.4, -0.2) is 14.1 Å².